The Bertz CT molecular complexity index is 786. The minimum absolute atomic E-state index is 0.0110. The molecule has 8 heteroatoms. The van der Waals surface area contributed by atoms with Crippen molar-refractivity contribution in [3.05, 3.63) is 41.9 Å². The topological polar surface area (TPSA) is 74.7 Å². The number of carbonyl (C=O) groups excluding carboxylic acids is 1. The van der Waals surface area contributed by atoms with Gasteiger partial charge in [-0.15, -0.1) is 0 Å². The molecule has 2 aromatic heterocycles. The molecule has 27 heavy (non-hydrogen) atoms. The number of carbonyl (C=O) groups is 1. The molecule has 0 N–H and O–H groups in total. The summed E-state index contributed by atoms with van der Waals surface area (Å²) in [5, 5.41) is 0. The highest BCUT2D eigenvalue weighted by atomic mass is 16.5. The number of hydrogen-bond donors (Lipinski definition) is 0. The van der Waals surface area contributed by atoms with Gasteiger partial charge in [-0.1, -0.05) is 6.07 Å². The predicted molar refractivity (Wildman–Crippen MR) is 102 cm³/mol. The Morgan fingerprint density at radius 3 is 2.48 bits per heavy atom. The normalized spacial score (nSPS) is 17.9. The Labute approximate surface area is 158 Å². The number of amides is 1. The van der Waals surface area contributed by atoms with Crippen LogP contribution < -0.4 is 9.80 Å². The molecule has 0 saturated carbocycles. The van der Waals surface area contributed by atoms with Gasteiger partial charge in [-0.05, 0) is 19.1 Å². The van der Waals surface area contributed by atoms with E-state index in [-0.39, 0.29) is 5.91 Å². The molecule has 1 amide bonds. The van der Waals surface area contributed by atoms with Gasteiger partial charge in [0.2, 0.25) is 5.95 Å². The van der Waals surface area contributed by atoms with Crippen LogP contribution in [-0.4, -0.2) is 78.2 Å². The van der Waals surface area contributed by atoms with Gasteiger partial charge in [-0.25, -0.2) is 4.98 Å². The standard InChI is InChI=1S/C19H24N6O2/c1-15-14-17(22-19(21-15)25-10-12-27-13-11-25)23-6-8-24(9-7-23)18(26)16-4-2-3-5-20-16/h2-5,14H,6-13H2,1H3. The summed E-state index contributed by atoms with van der Waals surface area (Å²) in [6, 6.07) is 7.43. The lowest BCUT2D eigenvalue weighted by atomic mass is 10.2. The van der Waals surface area contributed by atoms with E-state index in [1.807, 2.05) is 30.0 Å². The second kappa shape index (κ2) is 7.87. The minimum atomic E-state index is -0.0110. The molecule has 8 nitrogen and oxygen atoms in total. The number of morpholine rings is 1. The molecular weight excluding hydrogens is 344 g/mol. The lowest BCUT2D eigenvalue weighted by Gasteiger charge is -2.36. The van der Waals surface area contributed by atoms with Crippen molar-refractivity contribution < 1.29 is 9.53 Å². The summed E-state index contributed by atoms with van der Waals surface area (Å²) in [6.07, 6.45) is 1.65. The molecule has 0 aliphatic carbocycles. The van der Waals surface area contributed by atoms with Gasteiger partial charge in [0.15, 0.2) is 0 Å². The second-order valence-corrected chi connectivity index (χ2v) is 6.76. The summed E-state index contributed by atoms with van der Waals surface area (Å²) in [4.78, 5) is 32.3. The first-order chi connectivity index (χ1) is 13.2. The summed E-state index contributed by atoms with van der Waals surface area (Å²) in [7, 11) is 0. The van der Waals surface area contributed by atoms with Gasteiger partial charge in [-0.2, -0.15) is 4.98 Å². The quantitative estimate of drug-likeness (QED) is 0.799. The molecule has 0 radical (unpaired) electrons. The van der Waals surface area contributed by atoms with Crippen molar-refractivity contribution in [3.63, 3.8) is 0 Å². The number of nitrogens with zero attached hydrogens (tertiary/aromatic N) is 6. The molecule has 2 aliphatic heterocycles. The van der Waals surface area contributed by atoms with Crippen LogP contribution in [0.5, 0.6) is 0 Å². The van der Waals surface area contributed by atoms with E-state index in [0.29, 0.717) is 32.0 Å². The van der Waals surface area contributed by atoms with Crippen molar-refractivity contribution in [1.29, 1.82) is 0 Å². The first-order valence-corrected chi connectivity index (χ1v) is 9.34. The van der Waals surface area contributed by atoms with Crippen LogP contribution in [0.4, 0.5) is 11.8 Å². The zero-order valence-corrected chi connectivity index (χ0v) is 15.5. The van der Waals surface area contributed by atoms with Crippen molar-refractivity contribution in [2.45, 2.75) is 6.92 Å². The zero-order chi connectivity index (χ0) is 18.6. The largest absolute Gasteiger partial charge is 0.378 e. The molecule has 2 saturated heterocycles. The first kappa shape index (κ1) is 17.7. The number of ether oxygens (including phenoxy) is 1. The van der Waals surface area contributed by atoms with E-state index in [2.05, 4.69) is 19.8 Å². The Kier molecular flexibility index (Phi) is 5.15. The van der Waals surface area contributed by atoms with Crippen LogP contribution in [0.25, 0.3) is 0 Å². The highest BCUT2D eigenvalue weighted by Gasteiger charge is 2.24. The summed E-state index contributed by atoms with van der Waals surface area (Å²) in [5.74, 6) is 1.68. The Morgan fingerprint density at radius 1 is 1.00 bits per heavy atom. The molecule has 0 spiro atoms. The molecule has 2 fully saturated rings. The molecular formula is C19H24N6O2. The van der Waals surface area contributed by atoms with Crippen LogP contribution in [0.3, 0.4) is 0 Å². The fourth-order valence-corrected chi connectivity index (χ4v) is 3.39. The molecule has 2 aliphatic rings. The minimum Gasteiger partial charge on any atom is -0.378 e. The monoisotopic (exact) mass is 368 g/mol. The van der Waals surface area contributed by atoms with Crippen LogP contribution in [0.2, 0.25) is 0 Å². The summed E-state index contributed by atoms with van der Waals surface area (Å²) >= 11 is 0. The van der Waals surface area contributed by atoms with E-state index in [1.54, 1.807) is 12.3 Å². The van der Waals surface area contributed by atoms with E-state index < -0.39 is 0 Å². The average Bonchev–Trinajstić information content (AvgIpc) is 2.74. The average molecular weight is 368 g/mol. The number of rotatable bonds is 3. The number of piperazine rings is 1. The number of pyridine rings is 1. The fourth-order valence-electron chi connectivity index (χ4n) is 3.39. The molecule has 0 atom stereocenters. The van der Waals surface area contributed by atoms with Crippen molar-refractivity contribution in [1.82, 2.24) is 19.9 Å². The third-order valence-electron chi connectivity index (χ3n) is 4.90. The van der Waals surface area contributed by atoms with Gasteiger partial charge in [-0.3, -0.25) is 9.78 Å². The van der Waals surface area contributed by atoms with Crippen LogP contribution in [0.15, 0.2) is 30.5 Å². The van der Waals surface area contributed by atoms with Gasteiger partial charge >= 0.3 is 0 Å². The van der Waals surface area contributed by atoms with Crippen molar-refractivity contribution >= 4 is 17.7 Å². The number of aryl methyl sites for hydroxylation is 1. The maximum Gasteiger partial charge on any atom is 0.272 e. The summed E-state index contributed by atoms with van der Waals surface area (Å²) < 4.78 is 5.42. The van der Waals surface area contributed by atoms with Crippen LogP contribution in [-0.2, 0) is 4.74 Å². The lowest BCUT2D eigenvalue weighted by molar-refractivity contribution is 0.0740. The Morgan fingerprint density at radius 2 is 1.78 bits per heavy atom. The van der Waals surface area contributed by atoms with Crippen molar-refractivity contribution in [3.8, 4) is 0 Å². The van der Waals surface area contributed by atoms with E-state index in [4.69, 9.17) is 9.72 Å². The summed E-state index contributed by atoms with van der Waals surface area (Å²) in [5.41, 5.74) is 1.45. The number of hydrogen-bond acceptors (Lipinski definition) is 7. The zero-order valence-electron chi connectivity index (χ0n) is 15.5. The van der Waals surface area contributed by atoms with Gasteiger partial charge in [0, 0.05) is 57.2 Å². The molecule has 4 rings (SSSR count). The smallest absolute Gasteiger partial charge is 0.272 e. The van der Waals surface area contributed by atoms with Crippen molar-refractivity contribution in [2.75, 3.05) is 62.3 Å². The highest BCUT2D eigenvalue weighted by molar-refractivity contribution is 5.92. The van der Waals surface area contributed by atoms with E-state index in [9.17, 15) is 4.79 Å². The predicted octanol–water partition coefficient (Wildman–Crippen LogP) is 0.979. The summed E-state index contributed by atoms with van der Waals surface area (Å²) in [6.45, 7) is 7.86. The Balaban J connectivity index is 1.43. The van der Waals surface area contributed by atoms with Gasteiger partial charge in [0.1, 0.15) is 11.5 Å². The number of aromatic nitrogens is 3. The lowest BCUT2D eigenvalue weighted by Crippen LogP contribution is -2.49. The maximum absolute atomic E-state index is 12.6. The van der Waals surface area contributed by atoms with Gasteiger partial charge in [0.05, 0.1) is 13.2 Å². The molecule has 2 aromatic rings. The van der Waals surface area contributed by atoms with Crippen LogP contribution >= 0.6 is 0 Å². The van der Waals surface area contributed by atoms with Gasteiger partial charge in [0.25, 0.3) is 5.91 Å². The van der Waals surface area contributed by atoms with Crippen molar-refractivity contribution in [2.24, 2.45) is 0 Å². The first-order valence-electron chi connectivity index (χ1n) is 9.34. The Hall–Kier alpha value is -2.74. The van der Waals surface area contributed by atoms with Crippen LogP contribution in [0, 0.1) is 6.92 Å². The molecule has 0 unspecified atom stereocenters. The maximum atomic E-state index is 12.6. The van der Waals surface area contributed by atoms with Gasteiger partial charge < -0.3 is 19.4 Å². The number of anilines is 2. The second-order valence-electron chi connectivity index (χ2n) is 6.76. The van der Waals surface area contributed by atoms with E-state index >= 15 is 0 Å². The van der Waals surface area contributed by atoms with Crippen LogP contribution in [0.1, 0.15) is 16.2 Å². The molecule has 4 heterocycles. The highest BCUT2D eigenvalue weighted by Crippen LogP contribution is 2.20. The van der Waals surface area contributed by atoms with E-state index in [0.717, 1.165) is 43.6 Å². The molecule has 142 valence electrons. The third kappa shape index (κ3) is 4.00. The molecule has 0 bridgehead atoms. The molecule has 0 aromatic carbocycles. The third-order valence-corrected chi connectivity index (χ3v) is 4.90. The van der Waals surface area contributed by atoms with E-state index in [1.165, 1.54) is 0 Å². The fraction of sp³-hybridized carbons (Fsp3) is 0.474. The SMILES string of the molecule is Cc1cc(N2CCN(C(=O)c3ccccn3)CC2)nc(N2CCOCC2)n1.